The molecule has 2 aromatic carbocycles. The first-order valence-corrected chi connectivity index (χ1v) is 9.36. The van der Waals surface area contributed by atoms with Gasteiger partial charge >= 0.3 is 5.97 Å². The van der Waals surface area contributed by atoms with Gasteiger partial charge in [-0.3, -0.25) is 19.3 Å². The number of halogens is 1. The van der Waals surface area contributed by atoms with Gasteiger partial charge in [-0.15, -0.1) is 0 Å². The maximum absolute atomic E-state index is 12.7. The molecule has 0 spiro atoms. The van der Waals surface area contributed by atoms with Crippen molar-refractivity contribution in [2.24, 2.45) is 5.92 Å². The zero-order chi connectivity index (χ0) is 21.1. The quantitative estimate of drug-likeness (QED) is 0.579. The number of rotatable bonds is 6. The van der Waals surface area contributed by atoms with E-state index in [-0.39, 0.29) is 11.1 Å². The van der Waals surface area contributed by atoms with Gasteiger partial charge in [0.2, 0.25) is 0 Å². The van der Waals surface area contributed by atoms with Gasteiger partial charge in [-0.1, -0.05) is 37.6 Å². The van der Waals surface area contributed by atoms with Gasteiger partial charge in [0.25, 0.3) is 17.7 Å². The van der Waals surface area contributed by atoms with Crippen LogP contribution in [0.1, 0.15) is 34.6 Å². The summed E-state index contributed by atoms with van der Waals surface area (Å²) in [6.45, 7) is 2.85. The minimum Gasteiger partial charge on any atom is -0.454 e. The first-order chi connectivity index (χ1) is 13.8. The fourth-order valence-corrected chi connectivity index (χ4v) is 3.21. The lowest BCUT2D eigenvalue weighted by Gasteiger charge is -2.27. The second kappa shape index (κ2) is 8.45. The van der Waals surface area contributed by atoms with E-state index in [2.05, 4.69) is 5.32 Å². The van der Waals surface area contributed by atoms with E-state index in [1.807, 2.05) is 0 Å². The first kappa shape index (κ1) is 20.5. The number of fused-ring (bicyclic) bond motifs is 1. The second-order valence-electron chi connectivity index (χ2n) is 6.88. The number of hydrogen-bond donors (Lipinski definition) is 1. The summed E-state index contributed by atoms with van der Waals surface area (Å²) < 4.78 is 5.11. The van der Waals surface area contributed by atoms with Gasteiger partial charge < -0.3 is 10.1 Å². The molecule has 0 radical (unpaired) electrons. The molecule has 1 aliphatic rings. The zero-order valence-corrected chi connectivity index (χ0v) is 16.6. The molecule has 0 fully saturated rings. The summed E-state index contributed by atoms with van der Waals surface area (Å²) in [7, 11) is 0. The molecular formula is C21H19ClN2O5. The largest absolute Gasteiger partial charge is 0.454 e. The Morgan fingerprint density at radius 1 is 1.00 bits per heavy atom. The number of nitrogens with zero attached hydrogens (tertiary/aromatic N) is 1. The van der Waals surface area contributed by atoms with Gasteiger partial charge in [-0.05, 0) is 42.3 Å². The van der Waals surface area contributed by atoms with Crippen LogP contribution in [-0.4, -0.2) is 41.2 Å². The van der Waals surface area contributed by atoms with Crippen LogP contribution in [0.4, 0.5) is 5.69 Å². The van der Waals surface area contributed by atoms with Crippen LogP contribution in [0.15, 0.2) is 48.5 Å². The van der Waals surface area contributed by atoms with Crippen molar-refractivity contribution >= 4 is 41.0 Å². The van der Waals surface area contributed by atoms with Crippen LogP contribution in [0.3, 0.4) is 0 Å². The maximum Gasteiger partial charge on any atom is 0.330 e. The Labute approximate surface area is 172 Å². The standard InChI is InChI=1S/C21H19ClN2O5/c1-12(2)18(24-19(26)15-5-3-4-6-16(15)20(24)27)21(28)29-11-17(25)23-14-9-7-13(22)8-10-14/h3-10,12,18H,11H2,1-2H3,(H,23,25). The van der Waals surface area contributed by atoms with Gasteiger partial charge in [0.05, 0.1) is 11.1 Å². The molecule has 0 aromatic heterocycles. The molecule has 0 saturated heterocycles. The lowest BCUT2D eigenvalue weighted by atomic mass is 10.0. The van der Waals surface area contributed by atoms with Crippen molar-refractivity contribution in [1.29, 1.82) is 0 Å². The fraction of sp³-hybridized carbons (Fsp3) is 0.238. The van der Waals surface area contributed by atoms with Gasteiger partial charge in [0.15, 0.2) is 6.61 Å². The average molecular weight is 415 g/mol. The van der Waals surface area contributed by atoms with Gasteiger partial charge in [0.1, 0.15) is 6.04 Å². The van der Waals surface area contributed by atoms with Gasteiger partial charge in [0, 0.05) is 10.7 Å². The molecule has 0 bridgehead atoms. The SMILES string of the molecule is CC(C)C(C(=O)OCC(=O)Nc1ccc(Cl)cc1)N1C(=O)c2ccccc2C1=O. The lowest BCUT2D eigenvalue weighted by Crippen LogP contribution is -2.49. The van der Waals surface area contributed by atoms with Crippen LogP contribution in [0.25, 0.3) is 0 Å². The lowest BCUT2D eigenvalue weighted by molar-refractivity contribution is -0.152. The molecule has 1 unspecified atom stereocenters. The minimum absolute atomic E-state index is 0.247. The molecule has 0 saturated carbocycles. The van der Waals surface area contributed by atoms with Gasteiger partial charge in [-0.2, -0.15) is 0 Å². The van der Waals surface area contributed by atoms with Crippen LogP contribution < -0.4 is 5.32 Å². The summed E-state index contributed by atoms with van der Waals surface area (Å²) in [5.41, 5.74) is 0.990. The number of amides is 3. The van der Waals surface area contributed by atoms with Crippen molar-refractivity contribution < 1.29 is 23.9 Å². The summed E-state index contributed by atoms with van der Waals surface area (Å²) in [5, 5.41) is 3.09. The van der Waals surface area contributed by atoms with E-state index in [1.165, 1.54) is 12.1 Å². The number of esters is 1. The van der Waals surface area contributed by atoms with Crippen molar-refractivity contribution in [1.82, 2.24) is 4.90 Å². The summed E-state index contributed by atoms with van der Waals surface area (Å²) in [4.78, 5) is 51.0. The number of carbonyl (C=O) groups excluding carboxylic acids is 4. The van der Waals surface area contributed by atoms with E-state index < -0.39 is 42.3 Å². The summed E-state index contributed by atoms with van der Waals surface area (Å²) >= 11 is 5.79. The van der Waals surface area contributed by atoms with Crippen LogP contribution in [0.2, 0.25) is 5.02 Å². The minimum atomic E-state index is -1.13. The van der Waals surface area contributed by atoms with Crippen molar-refractivity contribution in [3.63, 3.8) is 0 Å². The molecule has 3 rings (SSSR count). The highest BCUT2D eigenvalue weighted by Crippen LogP contribution is 2.27. The number of benzene rings is 2. The number of anilines is 1. The molecule has 1 aliphatic heterocycles. The summed E-state index contributed by atoms with van der Waals surface area (Å²) in [6.07, 6.45) is 0. The third kappa shape index (κ3) is 4.30. The van der Waals surface area contributed by atoms with E-state index in [0.29, 0.717) is 10.7 Å². The molecule has 8 heteroatoms. The molecule has 2 aromatic rings. The van der Waals surface area contributed by atoms with Crippen molar-refractivity contribution in [2.45, 2.75) is 19.9 Å². The predicted molar refractivity (Wildman–Crippen MR) is 107 cm³/mol. The Morgan fingerprint density at radius 2 is 1.55 bits per heavy atom. The van der Waals surface area contributed by atoms with Crippen molar-refractivity contribution in [3.05, 3.63) is 64.7 Å². The molecule has 3 amide bonds. The van der Waals surface area contributed by atoms with Crippen LogP contribution in [0.5, 0.6) is 0 Å². The molecule has 150 valence electrons. The zero-order valence-electron chi connectivity index (χ0n) is 15.8. The third-order valence-corrected chi connectivity index (χ3v) is 4.70. The maximum atomic E-state index is 12.7. The smallest absolute Gasteiger partial charge is 0.330 e. The Hall–Kier alpha value is -3.19. The molecule has 1 atom stereocenters. The highest BCUT2D eigenvalue weighted by molar-refractivity contribution is 6.30. The number of carbonyl (C=O) groups is 4. The number of hydrogen-bond acceptors (Lipinski definition) is 5. The Bertz CT molecular complexity index is 936. The first-order valence-electron chi connectivity index (χ1n) is 8.98. The molecule has 1 N–H and O–H groups in total. The fourth-order valence-electron chi connectivity index (χ4n) is 3.09. The van der Waals surface area contributed by atoms with Gasteiger partial charge in [-0.25, -0.2) is 4.79 Å². The van der Waals surface area contributed by atoms with Crippen molar-refractivity contribution in [2.75, 3.05) is 11.9 Å². The number of ether oxygens (including phenoxy) is 1. The summed E-state index contributed by atoms with van der Waals surface area (Å²) in [5.74, 6) is -2.87. The third-order valence-electron chi connectivity index (χ3n) is 4.45. The van der Waals surface area contributed by atoms with Crippen molar-refractivity contribution in [3.8, 4) is 0 Å². The summed E-state index contributed by atoms with van der Waals surface area (Å²) in [6, 6.07) is 11.7. The number of imide groups is 1. The number of nitrogens with one attached hydrogen (secondary N) is 1. The Morgan fingerprint density at radius 3 is 2.07 bits per heavy atom. The predicted octanol–water partition coefficient (Wildman–Crippen LogP) is 3.14. The normalized spacial score (nSPS) is 14.0. The molecule has 7 nitrogen and oxygen atoms in total. The Kier molecular flexibility index (Phi) is 5.98. The van der Waals surface area contributed by atoms with E-state index in [9.17, 15) is 19.2 Å². The average Bonchev–Trinajstić information content (AvgIpc) is 2.94. The second-order valence-corrected chi connectivity index (χ2v) is 7.31. The van der Waals surface area contributed by atoms with Crippen LogP contribution in [0, 0.1) is 5.92 Å². The molecule has 0 aliphatic carbocycles. The molecule has 29 heavy (non-hydrogen) atoms. The van der Waals surface area contributed by atoms with E-state index in [1.54, 1.807) is 50.2 Å². The molecular weight excluding hydrogens is 396 g/mol. The monoisotopic (exact) mass is 414 g/mol. The van der Waals surface area contributed by atoms with E-state index in [4.69, 9.17) is 16.3 Å². The van der Waals surface area contributed by atoms with E-state index in [0.717, 1.165) is 4.90 Å². The topological polar surface area (TPSA) is 92.8 Å². The molecule has 1 heterocycles. The van der Waals surface area contributed by atoms with E-state index >= 15 is 0 Å². The Balaban J connectivity index is 1.67. The van der Waals surface area contributed by atoms with Crippen LogP contribution >= 0.6 is 11.6 Å². The van der Waals surface area contributed by atoms with Crippen LogP contribution in [-0.2, 0) is 14.3 Å². The highest BCUT2D eigenvalue weighted by Gasteiger charge is 2.44. The highest BCUT2D eigenvalue weighted by atomic mass is 35.5.